The van der Waals surface area contributed by atoms with Gasteiger partial charge in [-0.05, 0) is 12.1 Å². The normalized spacial score (nSPS) is 11.6. The first kappa shape index (κ1) is 13.7. The lowest BCUT2D eigenvalue weighted by atomic mass is 10.1. The van der Waals surface area contributed by atoms with Crippen molar-refractivity contribution in [2.24, 2.45) is 5.73 Å². The van der Waals surface area contributed by atoms with Gasteiger partial charge < -0.3 is 21.3 Å². The average Bonchev–Trinajstić information content (AvgIpc) is 2.28. The zero-order valence-corrected chi connectivity index (χ0v) is 9.29. The number of para-hydroxylation sites is 1. The number of carboxylic acid groups (broad SMARTS) is 2. The second-order valence-electron chi connectivity index (χ2n) is 3.54. The number of benzene rings is 1. The zero-order chi connectivity index (χ0) is 13.7. The van der Waals surface area contributed by atoms with Crippen molar-refractivity contribution in [2.45, 2.75) is 12.5 Å². The topological polar surface area (TPSA) is 130 Å². The third-order valence-corrected chi connectivity index (χ3v) is 2.15. The Labute approximate surface area is 102 Å². The highest BCUT2D eigenvalue weighted by Gasteiger charge is 2.19. The SMILES string of the molecule is N[C@@H](CC(=O)O)C(=O)Nc1ccccc1C(=O)O. The van der Waals surface area contributed by atoms with E-state index in [1.165, 1.54) is 18.2 Å². The van der Waals surface area contributed by atoms with E-state index in [1.54, 1.807) is 6.07 Å². The van der Waals surface area contributed by atoms with E-state index >= 15 is 0 Å². The molecule has 5 N–H and O–H groups in total. The lowest BCUT2D eigenvalue weighted by molar-refractivity contribution is -0.138. The molecule has 0 unspecified atom stereocenters. The van der Waals surface area contributed by atoms with Crippen molar-refractivity contribution in [2.75, 3.05) is 5.32 Å². The first-order valence-corrected chi connectivity index (χ1v) is 5.02. The molecule has 7 nitrogen and oxygen atoms in total. The van der Waals surface area contributed by atoms with Crippen LogP contribution in [0.5, 0.6) is 0 Å². The van der Waals surface area contributed by atoms with E-state index in [4.69, 9.17) is 15.9 Å². The number of hydrogen-bond donors (Lipinski definition) is 4. The molecule has 0 radical (unpaired) electrons. The van der Waals surface area contributed by atoms with Crippen molar-refractivity contribution in [1.29, 1.82) is 0 Å². The smallest absolute Gasteiger partial charge is 0.337 e. The highest BCUT2D eigenvalue weighted by Crippen LogP contribution is 2.15. The first-order chi connectivity index (χ1) is 8.41. The number of nitrogens with one attached hydrogen (secondary N) is 1. The molecular formula is C11H12N2O5. The van der Waals surface area contributed by atoms with E-state index in [9.17, 15) is 14.4 Å². The molecule has 0 bridgehead atoms. The average molecular weight is 252 g/mol. The van der Waals surface area contributed by atoms with Crippen LogP contribution < -0.4 is 11.1 Å². The zero-order valence-electron chi connectivity index (χ0n) is 9.29. The third kappa shape index (κ3) is 3.56. The fourth-order valence-electron chi connectivity index (χ4n) is 1.28. The van der Waals surface area contributed by atoms with Crippen molar-refractivity contribution in [1.82, 2.24) is 0 Å². The van der Waals surface area contributed by atoms with Crippen molar-refractivity contribution < 1.29 is 24.6 Å². The Kier molecular flexibility index (Phi) is 4.39. The first-order valence-electron chi connectivity index (χ1n) is 5.02. The molecule has 7 heteroatoms. The van der Waals surface area contributed by atoms with E-state index < -0.39 is 30.3 Å². The van der Waals surface area contributed by atoms with Gasteiger partial charge in [-0.3, -0.25) is 9.59 Å². The Morgan fingerprint density at radius 2 is 1.83 bits per heavy atom. The third-order valence-electron chi connectivity index (χ3n) is 2.15. The van der Waals surface area contributed by atoms with Crippen molar-refractivity contribution >= 4 is 23.5 Å². The van der Waals surface area contributed by atoms with E-state index in [0.29, 0.717) is 0 Å². The molecular weight excluding hydrogens is 240 g/mol. The number of carboxylic acids is 2. The number of aromatic carboxylic acids is 1. The largest absolute Gasteiger partial charge is 0.481 e. The number of carbonyl (C=O) groups excluding carboxylic acids is 1. The van der Waals surface area contributed by atoms with Gasteiger partial charge >= 0.3 is 11.9 Å². The van der Waals surface area contributed by atoms with Gasteiger partial charge in [0.05, 0.1) is 23.7 Å². The Bertz CT molecular complexity index is 486. The minimum Gasteiger partial charge on any atom is -0.481 e. The lowest BCUT2D eigenvalue weighted by Crippen LogP contribution is -2.37. The van der Waals surface area contributed by atoms with Crippen LogP contribution in [0.3, 0.4) is 0 Å². The van der Waals surface area contributed by atoms with Crippen LogP contribution in [-0.2, 0) is 9.59 Å². The number of hydrogen-bond acceptors (Lipinski definition) is 4. The second-order valence-corrected chi connectivity index (χ2v) is 3.54. The molecule has 18 heavy (non-hydrogen) atoms. The van der Waals surface area contributed by atoms with Gasteiger partial charge in [0.25, 0.3) is 0 Å². The van der Waals surface area contributed by atoms with E-state index in [2.05, 4.69) is 5.32 Å². The van der Waals surface area contributed by atoms with E-state index in [1.807, 2.05) is 0 Å². The van der Waals surface area contributed by atoms with Crippen LogP contribution in [0.2, 0.25) is 0 Å². The molecule has 0 spiro atoms. The summed E-state index contributed by atoms with van der Waals surface area (Å²) < 4.78 is 0. The molecule has 0 aliphatic rings. The van der Waals surface area contributed by atoms with Gasteiger partial charge in [0, 0.05) is 0 Å². The van der Waals surface area contributed by atoms with Crippen molar-refractivity contribution in [3.05, 3.63) is 29.8 Å². The summed E-state index contributed by atoms with van der Waals surface area (Å²) in [5, 5.41) is 19.7. The van der Waals surface area contributed by atoms with Gasteiger partial charge in [0.2, 0.25) is 5.91 Å². The molecule has 96 valence electrons. The summed E-state index contributed by atoms with van der Waals surface area (Å²) in [7, 11) is 0. The maximum Gasteiger partial charge on any atom is 0.337 e. The van der Waals surface area contributed by atoms with E-state index in [-0.39, 0.29) is 11.3 Å². The lowest BCUT2D eigenvalue weighted by Gasteiger charge is -2.11. The molecule has 1 aromatic carbocycles. The van der Waals surface area contributed by atoms with Crippen LogP contribution >= 0.6 is 0 Å². The molecule has 0 saturated heterocycles. The molecule has 0 aliphatic heterocycles. The van der Waals surface area contributed by atoms with Gasteiger partial charge in [-0.1, -0.05) is 12.1 Å². The molecule has 1 aromatic rings. The van der Waals surface area contributed by atoms with E-state index in [0.717, 1.165) is 0 Å². The number of aliphatic carboxylic acids is 1. The van der Waals surface area contributed by atoms with Crippen LogP contribution in [0.4, 0.5) is 5.69 Å². The van der Waals surface area contributed by atoms with Crippen molar-refractivity contribution in [3.63, 3.8) is 0 Å². The molecule has 1 atom stereocenters. The maximum absolute atomic E-state index is 11.5. The number of amides is 1. The molecule has 0 heterocycles. The maximum atomic E-state index is 11.5. The standard InChI is InChI=1S/C11H12N2O5/c12-7(5-9(14)15)10(16)13-8-4-2-1-3-6(8)11(17)18/h1-4,7H,5,12H2,(H,13,16)(H,14,15)(H,17,18)/t7-/m0/s1. The second kappa shape index (κ2) is 5.78. The number of nitrogens with two attached hydrogens (primary N) is 1. The summed E-state index contributed by atoms with van der Waals surface area (Å²) in [5.41, 5.74) is 5.34. The Hall–Kier alpha value is -2.41. The Morgan fingerprint density at radius 3 is 2.39 bits per heavy atom. The minimum atomic E-state index is -1.23. The summed E-state index contributed by atoms with van der Waals surface area (Å²) in [5.74, 6) is -3.15. The van der Waals surface area contributed by atoms with Crippen LogP contribution in [-0.4, -0.2) is 34.1 Å². The fraction of sp³-hybridized carbons (Fsp3) is 0.182. The van der Waals surface area contributed by atoms with Crippen LogP contribution in [0, 0.1) is 0 Å². The van der Waals surface area contributed by atoms with Crippen LogP contribution in [0.25, 0.3) is 0 Å². The Balaban J connectivity index is 2.82. The molecule has 1 amide bonds. The quantitative estimate of drug-likeness (QED) is 0.589. The van der Waals surface area contributed by atoms with Crippen molar-refractivity contribution in [3.8, 4) is 0 Å². The molecule has 0 aromatic heterocycles. The van der Waals surface area contributed by atoms with Gasteiger partial charge in [0.15, 0.2) is 0 Å². The molecule has 1 rings (SSSR count). The number of anilines is 1. The fourth-order valence-corrected chi connectivity index (χ4v) is 1.28. The molecule has 0 saturated carbocycles. The van der Waals surface area contributed by atoms with Gasteiger partial charge in [-0.15, -0.1) is 0 Å². The van der Waals surface area contributed by atoms with Gasteiger partial charge in [0.1, 0.15) is 0 Å². The summed E-state index contributed by atoms with van der Waals surface area (Å²) in [6.45, 7) is 0. The Morgan fingerprint density at radius 1 is 1.22 bits per heavy atom. The summed E-state index contributed by atoms with van der Waals surface area (Å²) in [6, 6.07) is 4.54. The number of rotatable bonds is 5. The minimum absolute atomic E-state index is 0.0795. The number of carbonyl (C=O) groups is 3. The van der Waals surface area contributed by atoms with Gasteiger partial charge in [-0.2, -0.15) is 0 Å². The highest BCUT2D eigenvalue weighted by molar-refractivity contribution is 6.02. The van der Waals surface area contributed by atoms with Gasteiger partial charge in [-0.25, -0.2) is 4.79 Å². The highest BCUT2D eigenvalue weighted by atomic mass is 16.4. The van der Waals surface area contributed by atoms with Crippen LogP contribution in [0.15, 0.2) is 24.3 Å². The van der Waals surface area contributed by atoms with Crippen LogP contribution in [0.1, 0.15) is 16.8 Å². The molecule has 0 aliphatic carbocycles. The summed E-state index contributed by atoms with van der Waals surface area (Å²) in [4.78, 5) is 32.8. The summed E-state index contributed by atoms with van der Waals surface area (Å²) in [6.07, 6.45) is -0.527. The predicted octanol–water partition coefficient (Wildman–Crippen LogP) is 0.125. The predicted molar refractivity (Wildman–Crippen MR) is 62.3 cm³/mol. The molecule has 0 fully saturated rings. The monoisotopic (exact) mass is 252 g/mol. The summed E-state index contributed by atoms with van der Waals surface area (Å²) >= 11 is 0.